The van der Waals surface area contributed by atoms with Crippen LogP contribution in [-0.4, -0.2) is 9.97 Å². The first-order valence-corrected chi connectivity index (χ1v) is 15.7. The minimum Gasteiger partial charge on any atom is -0.256 e. The number of nitrogens with zero attached hydrogens (tertiary/aromatic N) is 2. The van der Waals surface area contributed by atoms with E-state index in [2.05, 4.69) is 152 Å². The van der Waals surface area contributed by atoms with Crippen molar-refractivity contribution >= 4 is 43.2 Å². The summed E-state index contributed by atoms with van der Waals surface area (Å²) >= 11 is 0. The van der Waals surface area contributed by atoms with Crippen molar-refractivity contribution in [1.82, 2.24) is 9.97 Å². The normalized spacial score (nSPS) is 11.5. The first kappa shape index (κ1) is 26.3. The molecule has 2 aromatic heterocycles. The van der Waals surface area contributed by atoms with Crippen molar-refractivity contribution in [2.24, 2.45) is 0 Å². The fourth-order valence-corrected chi connectivity index (χ4v) is 6.98. The summed E-state index contributed by atoms with van der Waals surface area (Å²) in [7, 11) is 0. The molecule has 0 saturated carbocycles. The van der Waals surface area contributed by atoms with Gasteiger partial charge in [0.2, 0.25) is 0 Å². The molecule has 0 radical (unpaired) electrons. The summed E-state index contributed by atoms with van der Waals surface area (Å²) in [4.78, 5) is 9.95. The molecule has 0 bridgehead atoms. The first-order chi connectivity index (χ1) is 22.8. The molecule has 2 heteroatoms. The molecule has 0 aliphatic heterocycles. The van der Waals surface area contributed by atoms with Gasteiger partial charge in [-0.15, -0.1) is 0 Å². The van der Waals surface area contributed by atoms with Crippen LogP contribution in [0.1, 0.15) is 0 Å². The molecule has 0 spiro atoms. The fourth-order valence-electron chi connectivity index (χ4n) is 6.98. The van der Waals surface area contributed by atoms with E-state index in [9.17, 15) is 0 Å². The highest BCUT2D eigenvalue weighted by Crippen LogP contribution is 2.45. The van der Waals surface area contributed by atoms with E-state index >= 15 is 0 Å². The van der Waals surface area contributed by atoms with Gasteiger partial charge in [0.05, 0.1) is 16.9 Å². The summed E-state index contributed by atoms with van der Waals surface area (Å²) in [5.41, 5.74) is 9.89. The predicted molar refractivity (Wildman–Crippen MR) is 194 cm³/mol. The van der Waals surface area contributed by atoms with Gasteiger partial charge < -0.3 is 0 Å². The second-order valence-electron chi connectivity index (χ2n) is 11.8. The largest absolute Gasteiger partial charge is 0.256 e. The third kappa shape index (κ3) is 4.35. The second-order valence-corrected chi connectivity index (χ2v) is 11.8. The maximum absolute atomic E-state index is 5.24. The third-order valence-electron chi connectivity index (χ3n) is 9.06. The van der Waals surface area contributed by atoms with Gasteiger partial charge in [-0.05, 0) is 91.0 Å². The highest BCUT2D eigenvalue weighted by Gasteiger charge is 2.18. The van der Waals surface area contributed by atoms with Crippen molar-refractivity contribution in [2.75, 3.05) is 0 Å². The highest BCUT2D eigenvalue weighted by atomic mass is 14.7. The minimum absolute atomic E-state index is 0.911. The van der Waals surface area contributed by atoms with Crippen molar-refractivity contribution < 1.29 is 0 Å². The molecule has 0 atom stereocenters. The molecule has 0 aliphatic rings. The number of fused-ring (bicyclic) bond motifs is 4. The zero-order valence-electron chi connectivity index (χ0n) is 25.1. The van der Waals surface area contributed by atoms with E-state index in [0.717, 1.165) is 33.4 Å². The molecular weight excluding hydrogens is 556 g/mol. The van der Waals surface area contributed by atoms with Gasteiger partial charge in [0.1, 0.15) is 0 Å². The molecule has 0 aliphatic carbocycles. The van der Waals surface area contributed by atoms with E-state index in [0.29, 0.717) is 0 Å². The van der Waals surface area contributed by atoms with E-state index in [-0.39, 0.29) is 0 Å². The van der Waals surface area contributed by atoms with E-state index in [1.165, 1.54) is 54.6 Å². The number of benzene rings is 7. The SMILES string of the molecule is c1ccc(-c2c3ccccc3c(-c3cc(-c4cccc(-c5cnc6ccccc6c5)n4)c4ccccc4c3)c3ccccc23)cc1. The van der Waals surface area contributed by atoms with Crippen molar-refractivity contribution in [3.05, 3.63) is 170 Å². The molecule has 2 heterocycles. The fraction of sp³-hybridized carbons (Fsp3) is 0. The molecule has 0 fully saturated rings. The van der Waals surface area contributed by atoms with Gasteiger partial charge in [-0.3, -0.25) is 4.98 Å². The lowest BCUT2D eigenvalue weighted by atomic mass is 9.85. The molecule has 0 N–H and O–H groups in total. The van der Waals surface area contributed by atoms with Crippen LogP contribution in [0.3, 0.4) is 0 Å². The molecule has 7 aromatic carbocycles. The Hall–Kier alpha value is -6.12. The Morgan fingerprint density at radius 2 is 0.891 bits per heavy atom. The van der Waals surface area contributed by atoms with Crippen LogP contribution in [0.25, 0.3) is 88.0 Å². The van der Waals surface area contributed by atoms with Crippen molar-refractivity contribution in [2.45, 2.75) is 0 Å². The molecule has 9 rings (SSSR count). The van der Waals surface area contributed by atoms with E-state index in [1.54, 1.807) is 0 Å². The number of pyridine rings is 2. The van der Waals surface area contributed by atoms with Crippen LogP contribution >= 0.6 is 0 Å². The van der Waals surface area contributed by atoms with Gasteiger partial charge in [0.15, 0.2) is 0 Å². The van der Waals surface area contributed by atoms with Gasteiger partial charge in [-0.2, -0.15) is 0 Å². The Labute approximate surface area is 267 Å². The summed E-state index contributed by atoms with van der Waals surface area (Å²) in [5.74, 6) is 0. The van der Waals surface area contributed by atoms with Crippen LogP contribution in [0.2, 0.25) is 0 Å². The van der Waals surface area contributed by atoms with Gasteiger partial charge in [-0.1, -0.05) is 127 Å². The summed E-state index contributed by atoms with van der Waals surface area (Å²) in [6.07, 6.45) is 1.93. The minimum atomic E-state index is 0.911. The molecule has 214 valence electrons. The Bertz CT molecular complexity index is 2530. The maximum Gasteiger partial charge on any atom is 0.0725 e. The topological polar surface area (TPSA) is 25.8 Å². The monoisotopic (exact) mass is 584 g/mol. The summed E-state index contributed by atoms with van der Waals surface area (Å²) in [5, 5.41) is 8.46. The first-order valence-electron chi connectivity index (χ1n) is 15.7. The number of hydrogen-bond donors (Lipinski definition) is 0. The van der Waals surface area contributed by atoms with Crippen LogP contribution < -0.4 is 0 Å². The molecule has 9 aromatic rings. The van der Waals surface area contributed by atoms with Crippen LogP contribution in [0.5, 0.6) is 0 Å². The lowest BCUT2D eigenvalue weighted by molar-refractivity contribution is 1.31. The number of rotatable bonds is 4. The summed E-state index contributed by atoms with van der Waals surface area (Å²) < 4.78 is 0. The standard InChI is InChI=1S/C44H28N2/c1-2-13-29(14-3-1)43-35-18-7-9-20-37(35)44(38-21-10-8-19-36(38)43)32-25-30-15-4-6-17-34(30)39(27-32)42-24-12-23-41(46-42)33-26-31-16-5-11-22-40(31)45-28-33/h1-28H. The zero-order valence-corrected chi connectivity index (χ0v) is 25.1. The summed E-state index contributed by atoms with van der Waals surface area (Å²) in [6, 6.07) is 58.4. The van der Waals surface area contributed by atoms with Crippen LogP contribution in [0.15, 0.2) is 170 Å². The molecule has 46 heavy (non-hydrogen) atoms. The summed E-state index contributed by atoms with van der Waals surface area (Å²) in [6.45, 7) is 0. The Kier molecular flexibility index (Phi) is 6.17. The third-order valence-corrected chi connectivity index (χ3v) is 9.06. The maximum atomic E-state index is 5.24. The molecule has 0 amide bonds. The molecule has 2 nitrogen and oxygen atoms in total. The average molecular weight is 585 g/mol. The van der Waals surface area contributed by atoms with Gasteiger partial charge >= 0.3 is 0 Å². The van der Waals surface area contributed by atoms with Crippen molar-refractivity contribution in [3.63, 3.8) is 0 Å². The second kappa shape index (κ2) is 10.8. The lowest BCUT2D eigenvalue weighted by Gasteiger charge is -2.19. The van der Waals surface area contributed by atoms with Gasteiger partial charge in [0, 0.05) is 22.7 Å². The highest BCUT2D eigenvalue weighted by molar-refractivity contribution is 6.22. The Balaban J connectivity index is 1.30. The van der Waals surface area contributed by atoms with E-state index in [4.69, 9.17) is 9.97 Å². The quantitative estimate of drug-likeness (QED) is 0.192. The zero-order chi connectivity index (χ0) is 30.5. The van der Waals surface area contributed by atoms with Crippen LogP contribution in [-0.2, 0) is 0 Å². The van der Waals surface area contributed by atoms with Crippen LogP contribution in [0.4, 0.5) is 0 Å². The van der Waals surface area contributed by atoms with Crippen LogP contribution in [0, 0.1) is 0 Å². The lowest BCUT2D eigenvalue weighted by Crippen LogP contribution is -1.93. The number of hydrogen-bond acceptors (Lipinski definition) is 2. The predicted octanol–water partition coefficient (Wildman–Crippen LogP) is 11.8. The smallest absolute Gasteiger partial charge is 0.0725 e. The molecular formula is C44H28N2. The van der Waals surface area contributed by atoms with Crippen molar-refractivity contribution in [3.8, 4) is 44.8 Å². The molecule has 0 unspecified atom stereocenters. The Morgan fingerprint density at radius 3 is 1.61 bits per heavy atom. The Morgan fingerprint density at radius 1 is 0.348 bits per heavy atom. The van der Waals surface area contributed by atoms with E-state index in [1.807, 2.05) is 18.3 Å². The average Bonchev–Trinajstić information content (AvgIpc) is 3.13. The van der Waals surface area contributed by atoms with E-state index < -0.39 is 0 Å². The number of para-hydroxylation sites is 1. The molecule has 0 saturated heterocycles. The van der Waals surface area contributed by atoms with Crippen molar-refractivity contribution in [1.29, 1.82) is 0 Å². The van der Waals surface area contributed by atoms with Gasteiger partial charge in [-0.25, -0.2) is 4.98 Å². The number of aromatic nitrogens is 2. The van der Waals surface area contributed by atoms with Gasteiger partial charge in [0.25, 0.3) is 0 Å².